The van der Waals surface area contributed by atoms with E-state index in [9.17, 15) is 9.90 Å². The number of hydrogen-bond acceptors (Lipinski definition) is 4. The molecule has 6 heteroatoms. The summed E-state index contributed by atoms with van der Waals surface area (Å²) in [5.41, 5.74) is 0.206. The van der Waals surface area contributed by atoms with E-state index in [1.165, 1.54) is 6.42 Å². The van der Waals surface area contributed by atoms with Gasteiger partial charge < -0.3 is 20.5 Å². The zero-order valence-corrected chi connectivity index (χ0v) is 14.7. The topological polar surface area (TPSA) is 94.4 Å². The van der Waals surface area contributed by atoms with Crippen molar-refractivity contribution in [2.45, 2.75) is 69.7 Å². The number of benzene rings is 1. The number of nitrogens with zero attached hydrogens (tertiary/aromatic N) is 1. The minimum absolute atomic E-state index is 0.191. The molecule has 1 aliphatic heterocycles. The fourth-order valence-corrected chi connectivity index (χ4v) is 3.72. The summed E-state index contributed by atoms with van der Waals surface area (Å²) in [6, 6.07) is 6.32. The van der Waals surface area contributed by atoms with Gasteiger partial charge in [0.15, 0.2) is 0 Å². The molecule has 0 radical (unpaired) electrons. The Balaban J connectivity index is 1.75. The molecule has 3 rings (SSSR count). The van der Waals surface area contributed by atoms with Crippen molar-refractivity contribution >= 4 is 6.03 Å². The third-order valence-electron chi connectivity index (χ3n) is 5.12. The van der Waals surface area contributed by atoms with E-state index < -0.39 is 17.7 Å². The van der Waals surface area contributed by atoms with Gasteiger partial charge in [0, 0.05) is 11.6 Å². The van der Waals surface area contributed by atoms with Gasteiger partial charge in [0.2, 0.25) is 0 Å². The molecule has 6 nitrogen and oxygen atoms in total. The predicted octanol–water partition coefficient (Wildman–Crippen LogP) is 2.76. The zero-order chi connectivity index (χ0) is 18.0. The fraction of sp³-hybridized carbons (Fsp3) is 0.579. The highest BCUT2D eigenvalue weighted by Gasteiger charge is 2.44. The third-order valence-corrected chi connectivity index (χ3v) is 5.12. The van der Waals surface area contributed by atoms with Crippen LogP contribution in [0.5, 0.6) is 5.75 Å². The number of aliphatic hydroxyl groups excluding tert-OH is 1. The Kier molecular flexibility index (Phi) is 4.87. The standard InChI is InChI=1S/C19H25N3O3/c1-19(2)17(22-18(24)21-13-6-4-3-5-7-13)16(23)14-10-12(11-20)8-9-15(14)25-19/h8-10,13,16-17,23H,3-7H2,1-2H3,(H2,21,22,24)/t16?,17-/m0/s1. The number of carbonyl (C=O) groups excluding carboxylic acids is 1. The molecule has 2 amide bonds. The average Bonchev–Trinajstić information content (AvgIpc) is 2.59. The predicted molar refractivity (Wildman–Crippen MR) is 93.2 cm³/mol. The summed E-state index contributed by atoms with van der Waals surface area (Å²) >= 11 is 0. The van der Waals surface area contributed by atoms with Gasteiger partial charge in [-0.05, 0) is 44.9 Å². The molecule has 1 aromatic carbocycles. The molecule has 1 aliphatic carbocycles. The van der Waals surface area contributed by atoms with Crippen LogP contribution in [0.15, 0.2) is 18.2 Å². The second-order valence-electron chi connectivity index (χ2n) is 7.45. The number of urea groups is 1. The molecule has 1 saturated carbocycles. The largest absolute Gasteiger partial charge is 0.485 e. The van der Waals surface area contributed by atoms with Crippen LogP contribution in [0.3, 0.4) is 0 Å². The Morgan fingerprint density at radius 2 is 2.00 bits per heavy atom. The van der Waals surface area contributed by atoms with Gasteiger partial charge in [-0.15, -0.1) is 0 Å². The molecule has 2 aliphatic rings. The molecule has 1 aromatic rings. The van der Waals surface area contributed by atoms with E-state index >= 15 is 0 Å². The van der Waals surface area contributed by atoms with E-state index in [-0.39, 0.29) is 12.1 Å². The van der Waals surface area contributed by atoms with Gasteiger partial charge in [-0.25, -0.2) is 4.79 Å². The Morgan fingerprint density at radius 1 is 1.28 bits per heavy atom. The number of nitriles is 1. The monoisotopic (exact) mass is 343 g/mol. The first-order valence-electron chi connectivity index (χ1n) is 8.89. The summed E-state index contributed by atoms with van der Waals surface area (Å²) in [7, 11) is 0. The number of aliphatic hydroxyl groups is 1. The van der Waals surface area contributed by atoms with Crippen molar-refractivity contribution in [3.63, 3.8) is 0 Å². The molecule has 25 heavy (non-hydrogen) atoms. The highest BCUT2D eigenvalue weighted by atomic mass is 16.5. The van der Waals surface area contributed by atoms with Crippen LogP contribution < -0.4 is 15.4 Å². The van der Waals surface area contributed by atoms with E-state index in [1.807, 2.05) is 13.8 Å². The van der Waals surface area contributed by atoms with Gasteiger partial charge in [-0.2, -0.15) is 5.26 Å². The summed E-state index contributed by atoms with van der Waals surface area (Å²) in [5.74, 6) is 0.544. The van der Waals surface area contributed by atoms with Crippen LogP contribution in [0, 0.1) is 11.3 Å². The molecule has 0 bridgehead atoms. The summed E-state index contributed by atoms with van der Waals surface area (Å²) in [6.45, 7) is 3.67. The van der Waals surface area contributed by atoms with Crippen LogP contribution >= 0.6 is 0 Å². The lowest BCUT2D eigenvalue weighted by molar-refractivity contribution is -0.0230. The average molecular weight is 343 g/mol. The van der Waals surface area contributed by atoms with Crippen molar-refractivity contribution in [2.24, 2.45) is 0 Å². The number of hydrogen-bond donors (Lipinski definition) is 3. The second kappa shape index (κ2) is 6.93. The number of nitrogens with one attached hydrogen (secondary N) is 2. The molecule has 1 heterocycles. The van der Waals surface area contributed by atoms with Gasteiger partial charge in [0.05, 0.1) is 17.7 Å². The molecule has 2 atom stereocenters. The van der Waals surface area contributed by atoms with E-state index in [0.29, 0.717) is 16.9 Å². The van der Waals surface area contributed by atoms with Gasteiger partial charge in [-0.3, -0.25) is 0 Å². The highest BCUT2D eigenvalue weighted by molar-refractivity contribution is 5.75. The number of ether oxygens (including phenoxy) is 1. The fourth-order valence-electron chi connectivity index (χ4n) is 3.72. The first-order chi connectivity index (χ1) is 11.9. The lowest BCUT2D eigenvalue weighted by atomic mass is 9.85. The molecule has 1 fully saturated rings. The Morgan fingerprint density at radius 3 is 2.68 bits per heavy atom. The molecular formula is C19H25N3O3. The van der Waals surface area contributed by atoms with Crippen molar-refractivity contribution < 1.29 is 14.6 Å². The molecule has 3 N–H and O–H groups in total. The van der Waals surface area contributed by atoms with Crippen LogP contribution in [-0.2, 0) is 0 Å². The van der Waals surface area contributed by atoms with Gasteiger partial charge in [0.25, 0.3) is 0 Å². The molecule has 0 spiro atoms. The van der Waals surface area contributed by atoms with E-state index in [1.54, 1.807) is 18.2 Å². The first-order valence-corrected chi connectivity index (χ1v) is 8.89. The highest BCUT2D eigenvalue weighted by Crippen LogP contribution is 2.40. The number of carbonyl (C=O) groups is 1. The van der Waals surface area contributed by atoms with Crippen LogP contribution in [0.2, 0.25) is 0 Å². The quantitative estimate of drug-likeness (QED) is 0.769. The number of fused-ring (bicyclic) bond motifs is 1. The lowest BCUT2D eigenvalue weighted by Gasteiger charge is -2.43. The van der Waals surface area contributed by atoms with Crippen molar-refractivity contribution in [1.29, 1.82) is 5.26 Å². The van der Waals surface area contributed by atoms with Crippen molar-refractivity contribution in [3.8, 4) is 11.8 Å². The SMILES string of the molecule is CC1(C)Oc2ccc(C#N)cc2C(O)[C@@H]1NC(=O)NC1CCCCC1. The lowest BCUT2D eigenvalue weighted by Crippen LogP contribution is -2.60. The zero-order valence-electron chi connectivity index (χ0n) is 14.7. The van der Waals surface area contributed by atoms with Gasteiger partial charge in [-0.1, -0.05) is 19.3 Å². The van der Waals surface area contributed by atoms with Crippen LogP contribution in [-0.4, -0.2) is 28.8 Å². The first kappa shape index (κ1) is 17.6. The number of rotatable bonds is 2. The number of amides is 2. The van der Waals surface area contributed by atoms with E-state index in [2.05, 4.69) is 16.7 Å². The van der Waals surface area contributed by atoms with Crippen molar-refractivity contribution in [3.05, 3.63) is 29.3 Å². The maximum Gasteiger partial charge on any atom is 0.315 e. The Bertz CT molecular complexity index is 690. The molecule has 134 valence electrons. The summed E-state index contributed by atoms with van der Waals surface area (Å²) in [4.78, 5) is 12.4. The maximum atomic E-state index is 12.4. The molecule has 0 aromatic heterocycles. The van der Waals surface area contributed by atoms with Crippen LogP contribution in [0.4, 0.5) is 4.79 Å². The van der Waals surface area contributed by atoms with Gasteiger partial charge >= 0.3 is 6.03 Å². The van der Waals surface area contributed by atoms with Crippen LogP contribution in [0.25, 0.3) is 0 Å². The summed E-state index contributed by atoms with van der Waals surface area (Å²) in [5, 5.41) is 25.7. The maximum absolute atomic E-state index is 12.4. The molecule has 0 saturated heterocycles. The van der Waals surface area contributed by atoms with Crippen molar-refractivity contribution in [2.75, 3.05) is 0 Å². The van der Waals surface area contributed by atoms with Gasteiger partial charge in [0.1, 0.15) is 17.5 Å². The van der Waals surface area contributed by atoms with E-state index in [0.717, 1.165) is 25.7 Å². The normalized spacial score (nSPS) is 25.2. The van der Waals surface area contributed by atoms with Crippen molar-refractivity contribution in [1.82, 2.24) is 10.6 Å². The minimum Gasteiger partial charge on any atom is -0.485 e. The minimum atomic E-state index is -0.941. The smallest absolute Gasteiger partial charge is 0.315 e. The van der Waals surface area contributed by atoms with Crippen LogP contribution in [0.1, 0.15) is 63.2 Å². The third kappa shape index (κ3) is 3.72. The second-order valence-corrected chi connectivity index (χ2v) is 7.45. The molecule has 1 unspecified atom stereocenters. The van der Waals surface area contributed by atoms with E-state index in [4.69, 9.17) is 10.00 Å². The Labute approximate surface area is 148 Å². The molecular weight excluding hydrogens is 318 g/mol. The Hall–Kier alpha value is -2.26. The summed E-state index contributed by atoms with van der Waals surface area (Å²) in [6.07, 6.45) is 4.54. The summed E-state index contributed by atoms with van der Waals surface area (Å²) < 4.78 is 5.98.